The Morgan fingerprint density at radius 3 is 2.12 bits per heavy atom. The van der Waals surface area contributed by atoms with E-state index < -0.39 is 11.9 Å². The number of aromatic nitrogens is 3. The van der Waals surface area contributed by atoms with E-state index in [1.807, 2.05) is 6.92 Å². The number of ether oxygens (including phenoxy) is 2. The molecule has 17 heavy (non-hydrogen) atoms. The minimum atomic E-state index is -0.970. The van der Waals surface area contributed by atoms with E-state index in [1.54, 1.807) is 0 Å². The Bertz CT molecular complexity index is 375. The molecule has 1 atom stereocenters. The minimum absolute atomic E-state index is 0.0502. The van der Waals surface area contributed by atoms with E-state index in [2.05, 4.69) is 15.0 Å². The Morgan fingerprint density at radius 1 is 1.24 bits per heavy atom. The van der Waals surface area contributed by atoms with Crippen molar-refractivity contribution in [2.45, 2.75) is 25.7 Å². The van der Waals surface area contributed by atoms with Gasteiger partial charge in [-0.2, -0.15) is 9.97 Å². The number of rotatable bonds is 6. The van der Waals surface area contributed by atoms with Crippen LogP contribution in [-0.4, -0.2) is 40.2 Å². The lowest BCUT2D eigenvalue weighted by Crippen LogP contribution is -2.16. The number of carbonyl (C=O) groups is 1. The third-order valence-corrected chi connectivity index (χ3v) is 2.16. The molecule has 0 aliphatic carbocycles. The van der Waals surface area contributed by atoms with Gasteiger partial charge in [-0.05, 0) is 6.42 Å². The van der Waals surface area contributed by atoms with Gasteiger partial charge < -0.3 is 14.6 Å². The fourth-order valence-electron chi connectivity index (χ4n) is 1.34. The van der Waals surface area contributed by atoms with E-state index >= 15 is 0 Å². The van der Waals surface area contributed by atoms with Gasteiger partial charge in [0, 0.05) is 0 Å². The van der Waals surface area contributed by atoms with Crippen molar-refractivity contribution in [1.29, 1.82) is 0 Å². The average molecular weight is 241 g/mol. The largest absolute Gasteiger partial charge is 0.481 e. The fraction of sp³-hybridized carbons (Fsp3) is 0.600. The van der Waals surface area contributed by atoms with Crippen LogP contribution in [0.2, 0.25) is 0 Å². The van der Waals surface area contributed by atoms with Crippen LogP contribution in [0.15, 0.2) is 0 Å². The van der Waals surface area contributed by atoms with Crippen molar-refractivity contribution >= 4 is 5.97 Å². The molecule has 1 aromatic heterocycles. The number of hydrogen-bond donors (Lipinski definition) is 1. The van der Waals surface area contributed by atoms with Crippen LogP contribution in [0.1, 0.15) is 31.5 Å². The van der Waals surface area contributed by atoms with E-state index in [0.717, 1.165) is 0 Å². The Hall–Kier alpha value is -1.92. The lowest BCUT2D eigenvalue weighted by Gasteiger charge is -2.11. The first kappa shape index (κ1) is 13.1. The first-order valence-electron chi connectivity index (χ1n) is 5.19. The van der Waals surface area contributed by atoms with E-state index in [9.17, 15) is 4.79 Å². The number of carboxylic acids is 1. The normalized spacial score (nSPS) is 11.9. The number of hydrogen-bond acceptors (Lipinski definition) is 6. The summed E-state index contributed by atoms with van der Waals surface area (Å²) in [7, 11) is 2.79. The zero-order valence-corrected chi connectivity index (χ0v) is 10.0. The highest BCUT2D eigenvalue weighted by Gasteiger charge is 2.24. The highest BCUT2D eigenvalue weighted by atomic mass is 16.5. The summed E-state index contributed by atoms with van der Waals surface area (Å²) in [5, 5.41) is 9.10. The first-order valence-corrected chi connectivity index (χ1v) is 5.19. The predicted octanol–water partition coefficient (Wildman–Crippen LogP) is 0.857. The van der Waals surface area contributed by atoms with Crippen molar-refractivity contribution in [3.63, 3.8) is 0 Å². The van der Waals surface area contributed by atoms with Crippen molar-refractivity contribution in [2.24, 2.45) is 0 Å². The summed E-state index contributed by atoms with van der Waals surface area (Å²) >= 11 is 0. The van der Waals surface area contributed by atoms with E-state index in [-0.39, 0.29) is 17.8 Å². The van der Waals surface area contributed by atoms with E-state index in [0.29, 0.717) is 12.8 Å². The molecule has 0 saturated carbocycles. The van der Waals surface area contributed by atoms with Gasteiger partial charge in [0.15, 0.2) is 5.82 Å². The van der Waals surface area contributed by atoms with Crippen LogP contribution >= 0.6 is 0 Å². The highest BCUT2D eigenvalue weighted by Crippen LogP contribution is 2.21. The molecule has 0 aliphatic heterocycles. The van der Waals surface area contributed by atoms with Gasteiger partial charge in [0.1, 0.15) is 5.92 Å². The molecule has 94 valence electrons. The third-order valence-electron chi connectivity index (χ3n) is 2.16. The molecule has 0 radical (unpaired) electrons. The molecule has 1 rings (SSSR count). The second kappa shape index (κ2) is 5.97. The van der Waals surface area contributed by atoms with Gasteiger partial charge in [0.05, 0.1) is 14.2 Å². The summed E-state index contributed by atoms with van der Waals surface area (Å²) in [6.07, 6.45) is 1.17. The molecule has 0 saturated heterocycles. The maximum atomic E-state index is 11.1. The molecule has 0 amide bonds. The number of methoxy groups -OCH3 is 2. The number of carboxylic acid groups (broad SMARTS) is 1. The molecule has 0 fully saturated rings. The predicted molar refractivity (Wildman–Crippen MR) is 58.2 cm³/mol. The summed E-state index contributed by atoms with van der Waals surface area (Å²) in [4.78, 5) is 22.8. The third kappa shape index (κ3) is 3.27. The maximum absolute atomic E-state index is 11.1. The summed E-state index contributed by atoms with van der Waals surface area (Å²) in [5.74, 6) is -1.59. The van der Waals surface area contributed by atoms with E-state index in [4.69, 9.17) is 14.6 Å². The smallest absolute Gasteiger partial charge is 0.322 e. The lowest BCUT2D eigenvalue weighted by atomic mass is 10.0. The van der Waals surface area contributed by atoms with Crippen LogP contribution in [0.25, 0.3) is 0 Å². The summed E-state index contributed by atoms with van der Waals surface area (Å²) in [6.45, 7) is 1.89. The Labute approximate surface area is 98.8 Å². The standard InChI is InChI=1S/C10H15N3O4/c1-4-5-6(8(14)15)7-11-9(16-2)13-10(12-7)17-3/h6H,4-5H2,1-3H3,(H,14,15). The van der Waals surface area contributed by atoms with Crippen LogP contribution in [-0.2, 0) is 4.79 Å². The fourth-order valence-corrected chi connectivity index (χ4v) is 1.34. The summed E-state index contributed by atoms with van der Waals surface area (Å²) in [6, 6.07) is 0.100. The molecular weight excluding hydrogens is 226 g/mol. The molecule has 0 aliphatic rings. The van der Waals surface area contributed by atoms with Crippen LogP contribution in [0.3, 0.4) is 0 Å². The zero-order chi connectivity index (χ0) is 12.8. The molecule has 1 aromatic rings. The lowest BCUT2D eigenvalue weighted by molar-refractivity contribution is -0.139. The van der Waals surface area contributed by atoms with Crippen LogP contribution in [0.5, 0.6) is 12.0 Å². The number of aliphatic carboxylic acids is 1. The van der Waals surface area contributed by atoms with Crippen molar-refractivity contribution in [1.82, 2.24) is 15.0 Å². The Morgan fingerprint density at radius 2 is 1.76 bits per heavy atom. The van der Waals surface area contributed by atoms with Gasteiger partial charge in [-0.1, -0.05) is 13.3 Å². The molecule has 7 nitrogen and oxygen atoms in total. The summed E-state index contributed by atoms with van der Waals surface area (Å²) in [5.41, 5.74) is 0. The molecule has 0 aromatic carbocycles. The second-order valence-electron chi connectivity index (χ2n) is 3.35. The molecule has 0 spiro atoms. The first-order chi connectivity index (χ1) is 8.12. The van der Waals surface area contributed by atoms with E-state index in [1.165, 1.54) is 14.2 Å². The molecule has 1 unspecified atom stereocenters. The van der Waals surface area contributed by atoms with Gasteiger partial charge in [-0.3, -0.25) is 4.79 Å². The molecule has 1 N–H and O–H groups in total. The summed E-state index contributed by atoms with van der Waals surface area (Å²) < 4.78 is 9.74. The van der Waals surface area contributed by atoms with Crippen molar-refractivity contribution < 1.29 is 19.4 Å². The Balaban J connectivity index is 3.12. The SMILES string of the molecule is CCCC(C(=O)O)c1nc(OC)nc(OC)n1. The van der Waals surface area contributed by atoms with Gasteiger partial charge in [-0.15, -0.1) is 4.98 Å². The van der Waals surface area contributed by atoms with Crippen molar-refractivity contribution in [3.05, 3.63) is 5.82 Å². The van der Waals surface area contributed by atoms with Crippen molar-refractivity contribution in [3.8, 4) is 12.0 Å². The van der Waals surface area contributed by atoms with Gasteiger partial charge >= 0.3 is 18.0 Å². The molecular formula is C10H15N3O4. The zero-order valence-electron chi connectivity index (χ0n) is 10.0. The Kier molecular flexibility index (Phi) is 4.62. The average Bonchev–Trinajstić information content (AvgIpc) is 2.34. The van der Waals surface area contributed by atoms with Gasteiger partial charge in [0.25, 0.3) is 0 Å². The topological polar surface area (TPSA) is 94.4 Å². The molecule has 1 heterocycles. The quantitative estimate of drug-likeness (QED) is 0.789. The van der Waals surface area contributed by atoms with Crippen LogP contribution < -0.4 is 9.47 Å². The van der Waals surface area contributed by atoms with Gasteiger partial charge in [0.2, 0.25) is 0 Å². The second-order valence-corrected chi connectivity index (χ2v) is 3.35. The van der Waals surface area contributed by atoms with Gasteiger partial charge in [-0.25, -0.2) is 0 Å². The monoisotopic (exact) mass is 241 g/mol. The maximum Gasteiger partial charge on any atom is 0.322 e. The van der Waals surface area contributed by atoms with Crippen LogP contribution in [0.4, 0.5) is 0 Å². The molecule has 0 bridgehead atoms. The minimum Gasteiger partial charge on any atom is -0.481 e. The molecule has 7 heteroatoms. The highest BCUT2D eigenvalue weighted by molar-refractivity contribution is 5.74. The van der Waals surface area contributed by atoms with Crippen molar-refractivity contribution in [2.75, 3.05) is 14.2 Å². The van der Waals surface area contributed by atoms with Crippen LogP contribution in [0, 0.1) is 0 Å². The number of nitrogens with zero attached hydrogens (tertiary/aromatic N) is 3.